The van der Waals surface area contributed by atoms with Gasteiger partial charge in [0.2, 0.25) is 0 Å². The van der Waals surface area contributed by atoms with Gasteiger partial charge in [0.05, 0.1) is 26.9 Å². The van der Waals surface area contributed by atoms with Gasteiger partial charge in [0, 0.05) is 18.7 Å². The summed E-state index contributed by atoms with van der Waals surface area (Å²) in [5.41, 5.74) is 2.63. The second kappa shape index (κ2) is 9.17. The third-order valence-electron chi connectivity index (χ3n) is 6.58. The molecule has 4 rings (SSSR count). The standard InChI is InChI=1S/C25H31N3O4S/c1-4-27-21-15-20(26-24(29)18-11-9-10-17(3)14-18)23(16-22(21)28(5-2)25(27)30)33(31,32)19-12-7-6-8-13-19/h9-11,14-16,19H,4-8,12-13H2,1-3H3,(H,26,29). The molecule has 0 atom stereocenters. The fourth-order valence-electron chi connectivity index (χ4n) is 4.82. The summed E-state index contributed by atoms with van der Waals surface area (Å²) < 4.78 is 30.7. The van der Waals surface area contributed by atoms with E-state index in [0.717, 1.165) is 24.8 Å². The predicted molar refractivity (Wildman–Crippen MR) is 131 cm³/mol. The number of carbonyl (C=O) groups is 1. The molecular weight excluding hydrogens is 438 g/mol. The van der Waals surface area contributed by atoms with Gasteiger partial charge in [0.15, 0.2) is 9.84 Å². The van der Waals surface area contributed by atoms with Crippen LogP contribution in [0.2, 0.25) is 0 Å². The van der Waals surface area contributed by atoms with Gasteiger partial charge in [-0.15, -0.1) is 0 Å². The number of hydrogen-bond donors (Lipinski definition) is 1. The normalized spacial score (nSPS) is 15.1. The van der Waals surface area contributed by atoms with Crippen LogP contribution in [0.3, 0.4) is 0 Å². The lowest BCUT2D eigenvalue weighted by molar-refractivity contribution is 0.102. The van der Waals surface area contributed by atoms with Crippen LogP contribution in [0.1, 0.15) is 61.9 Å². The van der Waals surface area contributed by atoms with E-state index in [-0.39, 0.29) is 22.2 Å². The minimum absolute atomic E-state index is 0.0957. The van der Waals surface area contributed by atoms with Crippen LogP contribution in [0.15, 0.2) is 46.1 Å². The Morgan fingerprint density at radius 3 is 2.24 bits per heavy atom. The van der Waals surface area contributed by atoms with E-state index in [9.17, 15) is 18.0 Å². The van der Waals surface area contributed by atoms with Gasteiger partial charge in [0.1, 0.15) is 0 Å². The Balaban J connectivity index is 1.91. The van der Waals surface area contributed by atoms with Gasteiger partial charge in [-0.1, -0.05) is 37.0 Å². The number of nitrogens with zero attached hydrogens (tertiary/aromatic N) is 2. The Bertz CT molecular complexity index is 1360. The van der Waals surface area contributed by atoms with Crippen molar-refractivity contribution in [2.24, 2.45) is 0 Å². The summed E-state index contributed by atoms with van der Waals surface area (Å²) in [6.45, 7) is 6.51. The summed E-state index contributed by atoms with van der Waals surface area (Å²) in [5.74, 6) is -0.376. The predicted octanol–water partition coefficient (Wildman–Crippen LogP) is 4.51. The first-order chi connectivity index (χ1) is 15.8. The molecule has 0 unspecified atom stereocenters. The molecule has 1 N–H and O–H groups in total. The average Bonchev–Trinajstić information content (AvgIpc) is 3.08. The van der Waals surface area contributed by atoms with Crippen molar-refractivity contribution >= 4 is 32.5 Å². The van der Waals surface area contributed by atoms with E-state index in [4.69, 9.17) is 0 Å². The first-order valence-electron chi connectivity index (χ1n) is 11.7. The number of fused-ring (bicyclic) bond motifs is 1. The van der Waals surface area contributed by atoms with Gasteiger partial charge in [-0.2, -0.15) is 0 Å². The zero-order valence-electron chi connectivity index (χ0n) is 19.4. The fraction of sp³-hybridized carbons (Fsp3) is 0.440. The molecule has 0 aliphatic heterocycles. The van der Waals surface area contributed by atoms with E-state index in [2.05, 4.69) is 5.32 Å². The van der Waals surface area contributed by atoms with Crippen LogP contribution in [-0.2, 0) is 22.9 Å². The van der Waals surface area contributed by atoms with Gasteiger partial charge in [-0.3, -0.25) is 13.9 Å². The number of carbonyl (C=O) groups excluding carboxylic acids is 1. The Morgan fingerprint density at radius 2 is 1.64 bits per heavy atom. The molecule has 176 valence electrons. The summed E-state index contributed by atoms with van der Waals surface area (Å²) in [6.07, 6.45) is 4.02. The maximum Gasteiger partial charge on any atom is 0.329 e. The summed E-state index contributed by atoms with van der Waals surface area (Å²) in [7, 11) is -3.69. The van der Waals surface area contributed by atoms with Crippen molar-refractivity contribution in [3.05, 3.63) is 58.0 Å². The molecule has 33 heavy (non-hydrogen) atoms. The van der Waals surface area contributed by atoms with Crippen molar-refractivity contribution in [3.63, 3.8) is 0 Å². The highest BCUT2D eigenvalue weighted by molar-refractivity contribution is 7.92. The maximum atomic E-state index is 13.7. The number of sulfone groups is 1. The summed E-state index contributed by atoms with van der Waals surface area (Å²) in [5, 5.41) is 2.37. The minimum Gasteiger partial charge on any atom is -0.321 e. The topological polar surface area (TPSA) is 90.2 Å². The lowest BCUT2D eigenvalue weighted by Gasteiger charge is -2.23. The van der Waals surface area contributed by atoms with Crippen LogP contribution in [0.4, 0.5) is 5.69 Å². The van der Waals surface area contributed by atoms with Gasteiger partial charge >= 0.3 is 5.69 Å². The average molecular weight is 470 g/mol. The number of anilines is 1. The molecule has 1 saturated carbocycles. The van der Waals surface area contributed by atoms with Crippen molar-refractivity contribution in [1.29, 1.82) is 0 Å². The van der Waals surface area contributed by atoms with E-state index in [1.807, 2.05) is 26.8 Å². The lowest BCUT2D eigenvalue weighted by Crippen LogP contribution is -2.25. The second-order valence-corrected chi connectivity index (χ2v) is 10.9. The molecule has 1 fully saturated rings. The van der Waals surface area contributed by atoms with Crippen molar-refractivity contribution < 1.29 is 13.2 Å². The number of amides is 1. The van der Waals surface area contributed by atoms with Crippen LogP contribution in [0.5, 0.6) is 0 Å². The lowest BCUT2D eigenvalue weighted by atomic mass is 10.0. The highest BCUT2D eigenvalue weighted by Crippen LogP contribution is 2.35. The molecule has 1 heterocycles. The summed E-state index contributed by atoms with van der Waals surface area (Å²) in [6, 6.07) is 10.4. The van der Waals surface area contributed by atoms with E-state index in [0.29, 0.717) is 42.5 Å². The number of hydrogen-bond acceptors (Lipinski definition) is 4. The first-order valence-corrected chi connectivity index (χ1v) is 13.2. The SMILES string of the molecule is CCn1c(=O)n(CC)c2cc(S(=O)(=O)C3CCCCC3)c(NC(=O)c3cccc(C)c3)cc21. The summed E-state index contributed by atoms with van der Waals surface area (Å²) in [4.78, 5) is 26.1. The highest BCUT2D eigenvalue weighted by Gasteiger charge is 2.32. The fourth-order valence-corrected chi connectivity index (χ4v) is 6.83. The third-order valence-corrected chi connectivity index (χ3v) is 8.88. The number of benzene rings is 2. The van der Waals surface area contributed by atoms with Crippen LogP contribution >= 0.6 is 0 Å². The molecule has 1 amide bonds. The van der Waals surface area contributed by atoms with Crippen LogP contribution < -0.4 is 11.0 Å². The molecule has 1 aliphatic rings. The van der Waals surface area contributed by atoms with Crippen molar-refractivity contribution in [3.8, 4) is 0 Å². The Kier molecular flexibility index (Phi) is 6.47. The zero-order chi connectivity index (χ0) is 23.8. The maximum absolute atomic E-state index is 13.7. The number of nitrogens with one attached hydrogen (secondary N) is 1. The quantitative estimate of drug-likeness (QED) is 0.575. The van der Waals surface area contributed by atoms with Crippen LogP contribution in [0, 0.1) is 6.92 Å². The number of rotatable bonds is 6. The van der Waals surface area contributed by atoms with E-state index >= 15 is 0 Å². The molecule has 0 radical (unpaired) electrons. The monoisotopic (exact) mass is 469 g/mol. The summed E-state index contributed by atoms with van der Waals surface area (Å²) >= 11 is 0. The largest absolute Gasteiger partial charge is 0.329 e. The molecule has 1 aliphatic carbocycles. The number of aryl methyl sites for hydroxylation is 3. The van der Waals surface area contributed by atoms with Gasteiger partial charge in [-0.05, 0) is 57.9 Å². The van der Waals surface area contributed by atoms with Crippen molar-refractivity contribution in [2.45, 2.75) is 76.1 Å². The van der Waals surface area contributed by atoms with Gasteiger partial charge < -0.3 is 5.32 Å². The molecule has 0 bridgehead atoms. The van der Waals surface area contributed by atoms with Crippen LogP contribution in [-0.4, -0.2) is 28.7 Å². The molecule has 3 aromatic rings. The second-order valence-electron chi connectivity index (χ2n) is 8.74. The van der Waals surface area contributed by atoms with E-state index in [1.54, 1.807) is 39.5 Å². The Morgan fingerprint density at radius 1 is 1.00 bits per heavy atom. The molecule has 0 saturated heterocycles. The first kappa shape index (κ1) is 23.3. The van der Waals surface area contributed by atoms with E-state index < -0.39 is 15.1 Å². The molecule has 8 heteroatoms. The highest BCUT2D eigenvalue weighted by atomic mass is 32.2. The van der Waals surface area contributed by atoms with Gasteiger partial charge in [0.25, 0.3) is 5.91 Å². The third kappa shape index (κ3) is 4.24. The number of imidazole rings is 1. The molecular formula is C25H31N3O4S. The number of aromatic nitrogens is 2. The Hall–Kier alpha value is -2.87. The van der Waals surface area contributed by atoms with Crippen LogP contribution in [0.25, 0.3) is 11.0 Å². The molecule has 2 aromatic carbocycles. The van der Waals surface area contributed by atoms with E-state index in [1.165, 1.54) is 0 Å². The van der Waals surface area contributed by atoms with Crippen molar-refractivity contribution in [1.82, 2.24) is 9.13 Å². The molecule has 1 aromatic heterocycles. The van der Waals surface area contributed by atoms with Crippen molar-refractivity contribution in [2.75, 3.05) is 5.32 Å². The zero-order valence-corrected chi connectivity index (χ0v) is 20.2. The molecule has 7 nitrogen and oxygen atoms in total. The van der Waals surface area contributed by atoms with Gasteiger partial charge in [-0.25, -0.2) is 13.2 Å². The Labute approximate surface area is 194 Å². The minimum atomic E-state index is -3.69. The smallest absolute Gasteiger partial charge is 0.321 e. The molecule has 0 spiro atoms.